The maximum atomic E-state index is 6.80. The van der Waals surface area contributed by atoms with E-state index in [1.54, 1.807) is 0 Å². The van der Waals surface area contributed by atoms with E-state index in [1.165, 1.54) is 120 Å². The number of aromatic nitrogens is 1. The summed E-state index contributed by atoms with van der Waals surface area (Å²) >= 11 is 1.97. The highest BCUT2D eigenvalue weighted by Crippen LogP contribution is 2.58. The number of para-hydroxylation sites is 1. The molecule has 14 rings (SSSR count). The molecule has 0 unspecified atom stereocenters. The van der Waals surface area contributed by atoms with Crippen LogP contribution < -0.4 is 15.7 Å². The Morgan fingerprint density at radius 3 is 1.94 bits per heavy atom. The standard InChI is InChI=1S/C63H55BN2OS/c1-60(2,3)34-20-24-37(25-21-34)66-49-32-41-40-28-35(61(4,5)6)22-26-45(40)63(10,11)46(41)30-44(49)54-55-39-17-13-15-19-53(39)68-59(55)56-43-29-36(62(7,8)9)23-27-48(43)65-50-33-52-42(38-16-12-14-18-51(38)67-52)31-47(50)64(66)57(54)58(56)65/h12-33H,1-11H3. The molecule has 8 aromatic carbocycles. The quantitative estimate of drug-likeness (QED) is 0.153. The van der Waals surface area contributed by atoms with E-state index < -0.39 is 0 Å². The molecule has 0 atom stereocenters. The molecule has 5 heteroatoms. The molecule has 0 bridgehead atoms. The van der Waals surface area contributed by atoms with Crippen LogP contribution in [0.15, 0.2) is 138 Å². The van der Waals surface area contributed by atoms with Gasteiger partial charge in [-0.2, -0.15) is 0 Å². The van der Waals surface area contributed by atoms with Crippen molar-refractivity contribution in [2.45, 2.75) is 97.8 Å². The lowest BCUT2D eigenvalue weighted by atomic mass is 9.43. The first kappa shape index (κ1) is 40.5. The predicted octanol–water partition coefficient (Wildman–Crippen LogP) is 16.5. The summed E-state index contributed by atoms with van der Waals surface area (Å²) in [4.78, 5) is 2.73. The minimum atomic E-state index is -0.192. The zero-order valence-electron chi connectivity index (χ0n) is 41.0. The fourth-order valence-electron chi connectivity index (χ4n) is 12.6. The van der Waals surface area contributed by atoms with Gasteiger partial charge in [0.15, 0.2) is 0 Å². The Kier molecular flexibility index (Phi) is 7.71. The number of anilines is 2. The molecule has 3 aromatic heterocycles. The van der Waals surface area contributed by atoms with Crippen LogP contribution in [-0.4, -0.2) is 11.4 Å². The van der Waals surface area contributed by atoms with E-state index in [4.69, 9.17) is 4.42 Å². The van der Waals surface area contributed by atoms with Gasteiger partial charge in [0.1, 0.15) is 11.2 Å². The molecular formula is C63H55BN2OS. The van der Waals surface area contributed by atoms with Crippen LogP contribution in [0.25, 0.3) is 91.9 Å². The number of furan rings is 1. The lowest BCUT2D eigenvalue weighted by Gasteiger charge is -2.43. The monoisotopic (exact) mass is 898 g/mol. The van der Waals surface area contributed by atoms with Crippen molar-refractivity contribution in [3.63, 3.8) is 0 Å². The van der Waals surface area contributed by atoms with Gasteiger partial charge in [-0.1, -0.05) is 155 Å². The first-order chi connectivity index (χ1) is 32.4. The van der Waals surface area contributed by atoms with Gasteiger partial charge >= 0.3 is 6.85 Å². The SMILES string of the molecule is CC(C)(C)c1ccc(N2B3c4cc5c(cc4-n4c6ccc(C(C)(C)C)cc6c6c7sc8ccccc8c7c(c3c64)-c3cc4c(cc32)-c2cc(C(C)(C)C)ccc2C4(C)C)oc2ccccc25)cc1. The van der Waals surface area contributed by atoms with E-state index in [2.05, 4.69) is 219 Å². The summed E-state index contributed by atoms with van der Waals surface area (Å²) in [6, 6.07) is 52.0. The molecule has 68 heavy (non-hydrogen) atoms. The van der Waals surface area contributed by atoms with Crippen LogP contribution in [0.3, 0.4) is 0 Å². The summed E-state index contributed by atoms with van der Waals surface area (Å²) in [5.74, 6) is 0. The Hall–Kier alpha value is -6.56. The van der Waals surface area contributed by atoms with Crippen LogP contribution in [0.2, 0.25) is 0 Å². The maximum absolute atomic E-state index is 6.80. The van der Waals surface area contributed by atoms with Gasteiger partial charge in [0.05, 0.1) is 11.0 Å². The second kappa shape index (κ2) is 12.9. The largest absolute Gasteiger partial charge is 0.456 e. The van der Waals surface area contributed by atoms with Crippen LogP contribution in [0.5, 0.6) is 0 Å². The van der Waals surface area contributed by atoms with Gasteiger partial charge in [0.25, 0.3) is 0 Å². The lowest BCUT2D eigenvalue weighted by molar-refractivity contribution is 0.589. The van der Waals surface area contributed by atoms with E-state index in [1.807, 2.05) is 11.3 Å². The third-order valence-electron chi connectivity index (χ3n) is 16.2. The normalized spacial score (nSPS) is 15.0. The van der Waals surface area contributed by atoms with E-state index >= 15 is 0 Å². The van der Waals surface area contributed by atoms with Crippen molar-refractivity contribution in [1.29, 1.82) is 0 Å². The van der Waals surface area contributed by atoms with Crippen LogP contribution >= 0.6 is 11.3 Å². The van der Waals surface area contributed by atoms with E-state index in [0.717, 1.165) is 21.9 Å². The molecule has 0 saturated carbocycles. The molecule has 332 valence electrons. The second-order valence-corrected chi connectivity index (χ2v) is 24.8. The summed E-state index contributed by atoms with van der Waals surface area (Å²) in [6.45, 7) is 25.7. The minimum Gasteiger partial charge on any atom is -0.456 e. The fourth-order valence-corrected chi connectivity index (χ4v) is 13.8. The topological polar surface area (TPSA) is 21.3 Å². The third kappa shape index (κ3) is 5.21. The average molecular weight is 899 g/mol. The first-order valence-corrected chi connectivity index (χ1v) is 25.3. The van der Waals surface area contributed by atoms with Crippen molar-refractivity contribution in [2.75, 3.05) is 4.81 Å². The number of fused-ring (bicyclic) bond motifs is 19. The molecule has 11 aromatic rings. The molecule has 3 aliphatic rings. The Labute approximate surface area is 403 Å². The second-order valence-electron chi connectivity index (χ2n) is 23.8. The van der Waals surface area contributed by atoms with Crippen molar-refractivity contribution in [2.24, 2.45) is 0 Å². The number of thiophene rings is 1. The third-order valence-corrected chi connectivity index (χ3v) is 17.4. The van der Waals surface area contributed by atoms with E-state index in [-0.39, 0.29) is 28.5 Å². The summed E-state index contributed by atoms with van der Waals surface area (Å²) in [7, 11) is 0. The highest BCUT2D eigenvalue weighted by Gasteiger charge is 2.48. The summed E-state index contributed by atoms with van der Waals surface area (Å²) in [5.41, 5.74) is 22.8. The van der Waals surface area contributed by atoms with E-state index in [9.17, 15) is 0 Å². The Morgan fingerprint density at radius 2 is 1.19 bits per heavy atom. The van der Waals surface area contributed by atoms with Crippen LogP contribution in [0.1, 0.15) is 104 Å². The molecular weight excluding hydrogens is 844 g/mol. The minimum absolute atomic E-state index is 0.0157. The number of hydrogen-bond acceptors (Lipinski definition) is 3. The summed E-state index contributed by atoms with van der Waals surface area (Å²) in [5, 5.41) is 7.69. The predicted molar refractivity (Wildman–Crippen MR) is 294 cm³/mol. The Balaban J connectivity index is 1.22. The number of benzene rings is 8. The van der Waals surface area contributed by atoms with Gasteiger partial charge in [0.2, 0.25) is 0 Å². The molecule has 0 amide bonds. The van der Waals surface area contributed by atoms with Crippen molar-refractivity contribution < 1.29 is 4.42 Å². The van der Waals surface area contributed by atoms with Crippen molar-refractivity contribution in [1.82, 2.24) is 4.57 Å². The van der Waals surface area contributed by atoms with Gasteiger partial charge in [-0.25, -0.2) is 0 Å². The molecule has 0 spiro atoms. The molecule has 0 radical (unpaired) electrons. The highest BCUT2D eigenvalue weighted by atomic mass is 32.1. The van der Waals surface area contributed by atoms with Gasteiger partial charge in [-0.3, -0.25) is 0 Å². The van der Waals surface area contributed by atoms with Crippen LogP contribution in [0.4, 0.5) is 11.4 Å². The van der Waals surface area contributed by atoms with Crippen LogP contribution in [-0.2, 0) is 21.7 Å². The van der Waals surface area contributed by atoms with Crippen molar-refractivity contribution in [3.8, 4) is 27.9 Å². The highest BCUT2D eigenvalue weighted by molar-refractivity contribution is 7.27. The van der Waals surface area contributed by atoms with Crippen molar-refractivity contribution >= 4 is 104 Å². The Bertz CT molecular complexity index is 4060. The molecule has 0 N–H and O–H groups in total. The zero-order valence-corrected chi connectivity index (χ0v) is 41.8. The van der Waals surface area contributed by atoms with Crippen LogP contribution in [0, 0.1) is 0 Å². The average Bonchev–Trinajstić information content (AvgIpc) is 4.03. The number of nitrogens with zero attached hydrogens (tertiary/aromatic N) is 2. The number of hydrogen-bond donors (Lipinski definition) is 0. The molecule has 1 aliphatic carbocycles. The van der Waals surface area contributed by atoms with E-state index in [0.29, 0.717) is 0 Å². The first-order valence-electron chi connectivity index (χ1n) is 24.5. The molecule has 5 heterocycles. The molecule has 2 aliphatic heterocycles. The molecule has 0 fully saturated rings. The summed E-state index contributed by atoms with van der Waals surface area (Å²) in [6.07, 6.45) is 0. The lowest BCUT2D eigenvalue weighted by Crippen LogP contribution is -2.60. The maximum Gasteiger partial charge on any atom is 0.333 e. The number of rotatable bonds is 1. The fraction of sp³-hybridized carbons (Fsp3) is 0.238. The van der Waals surface area contributed by atoms with Gasteiger partial charge in [0, 0.05) is 75.8 Å². The summed E-state index contributed by atoms with van der Waals surface area (Å²) < 4.78 is 12.1. The molecule has 0 saturated heterocycles. The van der Waals surface area contributed by atoms with Gasteiger partial charge < -0.3 is 13.8 Å². The van der Waals surface area contributed by atoms with Gasteiger partial charge in [-0.15, -0.1) is 11.3 Å². The molecule has 3 nitrogen and oxygen atoms in total. The smallest absolute Gasteiger partial charge is 0.333 e. The zero-order chi connectivity index (χ0) is 46.7. The van der Waals surface area contributed by atoms with Crippen molar-refractivity contribution in [3.05, 3.63) is 161 Å². The van der Waals surface area contributed by atoms with Gasteiger partial charge in [-0.05, 0) is 120 Å². The Morgan fingerprint density at radius 1 is 0.529 bits per heavy atom.